The van der Waals surface area contributed by atoms with Gasteiger partial charge in [0.05, 0.1) is 10.6 Å². The van der Waals surface area contributed by atoms with Gasteiger partial charge >= 0.3 is 0 Å². The highest BCUT2D eigenvalue weighted by atomic mass is 32.2. The molecular formula is C24H20N2O4S. The van der Waals surface area contributed by atoms with E-state index in [-0.39, 0.29) is 32.7 Å². The van der Waals surface area contributed by atoms with Gasteiger partial charge in [-0.3, -0.25) is 0 Å². The fourth-order valence-electron chi connectivity index (χ4n) is 2.99. The molecule has 0 heterocycles. The average Bonchev–Trinajstić information content (AvgIpc) is 2.80. The molecule has 7 heteroatoms. The molecule has 4 N–H and O–H groups in total. The normalized spacial score (nSPS) is 11.1. The molecule has 0 fully saturated rings. The van der Waals surface area contributed by atoms with Gasteiger partial charge in [0.25, 0.3) is 0 Å². The van der Waals surface area contributed by atoms with E-state index in [9.17, 15) is 8.42 Å². The van der Waals surface area contributed by atoms with Crippen LogP contribution in [0.2, 0.25) is 0 Å². The van der Waals surface area contributed by atoms with E-state index >= 15 is 0 Å². The molecule has 0 atom stereocenters. The zero-order valence-electron chi connectivity index (χ0n) is 16.4. The van der Waals surface area contributed by atoms with Crippen molar-refractivity contribution in [3.05, 3.63) is 97.1 Å². The molecule has 0 saturated carbocycles. The van der Waals surface area contributed by atoms with Crippen molar-refractivity contribution < 1.29 is 17.9 Å². The molecule has 0 amide bonds. The quantitative estimate of drug-likeness (QED) is 0.402. The van der Waals surface area contributed by atoms with Crippen molar-refractivity contribution in [1.29, 1.82) is 0 Å². The van der Waals surface area contributed by atoms with Crippen LogP contribution in [-0.4, -0.2) is 8.42 Å². The summed E-state index contributed by atoms with van der Waals surface area (Å²) in [7, 11) is -3.98. The average molecular weight is 433 g/mol. The zero-order chi connectivity index (χ0) is 21.8. The number of anilines is 2. The molecule has 4 aromatic carbocycles. The van der Waals surface area contributed by atoms with E-state index in [0.29, 0.717) is 11.5 Å². The van der Waals surface area contributed by atoms with Crippen LogP contribution in [0.5, 0.6) is 23.0 Å². The maximum absolute atomic E-state index is 13.5. The van der Waals surface area contributed by atoms with Crippen molar-refractivity contribution in [3.63, 3.8) is 0 Å². The molecule has 0 aliphatic heterocycles. The van der Waals surface area contributed by atoms with E-state index in [4.69, 9.17) is 20.9 Å². The Balaban J connectivity index is 1.95. The fourth-order valence-corrected chi connectivity index (χ4v) is 4.42. The van der Waals surface area contributed by atoms with Crippen LogP contribution in [0.25, 0.3) is 0 Å². The van der Waals surface area contributed by atoms with E-state index in [2.05, 4.69) is 0 Å². The van der Waals surface area contributed by atoms with E-state index in [1.54, 1.807) is 66.7 Å². The van der Waals surface area contributed by atoms with E-state index in [1.807, 2.05) is 12.1 Å². The first-order chi connectivity index (χ1) is 15.0. The van der Waals surface area contributed by atoms with Crippen LogP contribution in [0.3, 0.4) is 0 Å². The van der Waals surface area contributed by atoms with Gasteiger partial charge < -0.3 is 20.9 Å². The lowest BCUT2D eigenvalue weighted by Crippen LogP contribution is -2.09. The minimum Gasteiger partial charge on any atom is -0.452 e. The van der Waals surface area contributed by atoms with Crippen LogP contribution < -0.4 is 20.9 Å². The summed E-state index contributed by atoms with van der Waals surface area (Å²) in [6.45, 7) is 0. The Kier molecular flexibility index (Phi) is 5.51. The largest absolute Gasteiger partial charge is 0.452 e. The molecule has 0 bridgehead atoms. The topological polar surface area (TPSA) is 105 Å². The third-order valence-corrected chi connectivity index (χ3v) is 6.32. The molecule has 6 nitrogen and oxygen atoms in total. The summed E-state index contributed by atoms with van der Waals surface area (Å²) < 4.78 is 38.9. The fraction of sp³-hybridized carbons (Fsp3) is 0. The Hall–Kier alpha value is -3.97. The number of para-hydroxylation sites is 2. The lowest BCUT2D eigenvalue weighted by molar-refractivity contribution is 0.411. The van der Waals surface area contributed by atoms with Crippen LogP contribution in [0.4, 0.5) is 11.4 Å². The highest BCUT2D eigenvalue weighted by molar-refractivity contribution is 7.91. The third-order valence-electron chi connectivity index (χ3n) is 4.54. The van der Waals surface area contributed by atoms with Crippen LogP contribution in [0.15, 0.2) is 107 Å². The Labute approximate surface area is 180 Å². The molecule has 0 unspecified atom stereocenters. The third kappa shape index (κ3) is 4.17. The van der Waals surface area contributed by atoms with Gasteiger partial charge in [0.1, 0.15) is 22.1 Å². The summed E-state index contributed by atoms with van der Waals surface area (Å²) in [5, 5.41) is 0. The van der Waals surface area contributed by atoms with Gasteiger partial charge in [0.2, 0.25) is 9.84 Å². The monoisotopic (exact) mass is 432 g/mol. The number of sulfone groups is 1. The van der Waals surface area contributed by atoms with E-state index < -0.39 is 9.84 Å². The molecule has 0 saturated heterocycles. The summed E-state index contributed by atoms with van der Waals surface area (Å²) >= 11 is 0. The number of nitrogen functional groups attached to an aromatic ring is 2. The van der Waals surface area contributed by atoms with Crippen molar-refractivity contribution in [2.75, 3.05) is 11.5 Å². The second-order valence-corrected chi connectivity index (χ2v) is 8.60. The molecule has 4 aromatic rings. The minimum absolute atomic E-state index is 0.0320. The highest BCUT2D eigenvalue weighted by Gasteiger charge is 2.29. The van der Waals surface area contributed by atoms with Crippen molar-refractivity contribution in [2.45, 2.75) is 9.79 Å². The Morgan fingerprint density at radius 3 is 1.58 bits per heavy atom. The smallest absolute Gasteiger partial charge is 0.210 e. The van der Waals surface area contributed by atoms with Crippen molar-refractivity contribution in [3.8, 4) is 23.0 Å². The molecule has 0 aliphatic rings. The summed E-state index contributed by atoms with van der Waals surface area (Å²) in [4.78, 5) is -0.0390. The van der Waals surface area contributed by atoms with Gasteiger partial charge in [-0.15, -0.1) is 0 Å². The standard InChI is InChI=1S/C24H20N2O4S/c25-20-16-21(31(27,28)19-14-8-3-9-15-19)23(29-17-10-4-1-5-11-17)24(22(20)26)30-18-12-6-2-7-13-18/h1-16H,25-26H2. The lowest BCUT2D eigenvalue weighted by atomic mass is 10.2. The second kappa shape index (κ2) is 8.41. The number of rotatable bonds is 6. The van der Waals surface area contributed by atoms with Crippen LogP contribution in [0, 0.1) is 0 Å². The second-order valence-electron chi connectivity index (χ2n) is 6.68. The Bertz CT molecular complexity index is 1290. The maximum atomic E-state index is 13.5. The van der Waals surface area contributed by atoms with Crippen molar-refractivity contribution >= 4 is 21.2 Å². The first-order valence-electron chi connectivity index (χ1n) is 9.44. The van der Waals surface area contributed by atoms with Crippen LogP contribution in [0.1, 0.15) is 0 Å². The molecule has 0 aliphatic carbocycles. The molecule has 156 valence electrons. The maximum Gasteiger partial charge on any atom is 0.210 e. The number of benzene rings is 4. The number of nitrogens with two attached hydrogens (primary N) is 2. The van der Waals surface area contributed by atoms with Crippen LogP contribution in [-0.2, 0) is 9.84 Å². The molecule has 4 rings (SSSR count). The summed E-state index contributed by atoms with van der Waals surface area (Å²) in [5.74, 6) is 0.880. The number of hydrogen-bond acceptors (Lipinski definition) is 6. The van der Waals surface area contributed by atoms with Gasteiger partial charge in [0.15, 0.2) is 11.5 Å². The molecule has 0 radical (unpaired) electrons. The Morgan fingerprint density at radius 2 is 1.06 bits per heavy atom. The minimum atomic E-state index is -3.98. The summed E-state index contributed by atoms with van der Waals surface area (Å²) in [6, 6.07) is 27.0. The SMILES string of the molecule is Nc1cc(S(=O)(=O)c2ccccc2)c(Oc2ccccc2)c(Oc2ccccc2)c1N. The summed E-state index contributed by atoms with van der Waals surface area (Å²) in [5.41, 5.74) is 12.5. The highest BCUT2D eigenvalue weighted by Crippen LogP contribution is 2.48. The van der Waals surface area contributed by atoms with Crippen molar-refractivity contribution in [2.24, 2.45) is 0 Å². The van der Waals surface area contributed by atoms with Gasteiger partial charge in [-0.05, 0) is 42.5 Å². The van der Waals surface area contributed by atoms with E-state index in [1.165, 1.54) is 18.2 Å². The van der Waals surface area contributed by atoms with Gasteiger partial charge in [-0.2, -0.15) is 0 Å². The predicted octanol–water partition coefficient (Wildman–Crippen LogP) is 5.27. The molecule has 0 aromatic heterocycles. The zero-order valence-corrected chi connectivity index (χ0v) is 17.3. The number of ether oxygens (including phenoxy) is 2. The van der Waals surface area contributed by atoms with Crippen LogP contribution >= 0.6 is 0 Å². The molecule has 31 heavy (non-hydrogen) atoms. The Morgan fingerprint density at radius 1 is 0.613 bits per heavy atom. The predicted molar refractivity (Wildman–Crippen MR) is 120 cm³/mol. The first-order valence-corrected chi connectivity index (χ1v) is 10.9. The van der Waals surface area contributed by atoms with Crippen molar-refractivity contribution in [1.82, 2.24) is 0 Å². The summed E-state index contributed by atoms with van der Waals surface area (Å²) in [6.07, 6.45) is 0. The first kappa shape index (κ1) is 20.3. The lowest BCUT2D eigenvalue weighted by Gasteiger charge is -2.19. The number of hydrogen-bond donors (Lipinski definition) is 2. The molecule has 0 spiro atoms. The van der Waals surface area contributed by atoms with E-state index in [0.717, 1.165) is 0 Å². The van der Waals surface area contributed by atoms with Gasteiger partial charge in [-0.25, -0.2) is 8.42 Å². The van der Waals surface area contributed by atoms with Gasteiger partial charge in [-0.1, -0.05) is 54.6 Å². The van der Waals surface area contributed by atoms with Gasteiger partial charge in [0, 0.05) is 0 Å². The molecular weight excluding hydrogens is 412 g/mol.